The average Bonchev–Trinajstić information content (AvgIpc) is 2.96. The molecule has 1 heterocycles. The van der Waals surface area contributed by atoms with Gasteiger partial charge in [0.15, 0.2) is 0 Å². The van der Waals surface area contributed by atoms with Gasteiger partial charge >= 0.3 is 0 Å². The molecule has 0 fully saturated rings. The van der Waals surface area contributed by atoms with Gasteiger partial charge in [0, 0.05) is 23.4 Å². The Kier molecular flexibility index (Phi) is 4.57. The van der Waals surface area contributed by atoms with Crippen LogP contribution >= 0.6 is 22.9 Å². The van der Waals surface area contributed by atoms with Crippen molar-refractivity contribution in [3.8, 4) is 5.75 Å². The first-order chi connectivity index (χ1) is 9.48. The summed E-state index contributed by atoms with van der Waals surface area (Å²) < 4.78 is 31.4. The van der Waals surface area contributed by atoms with E-state index in [0.717, 1.165) is 4.88 Å². The molecule has 7 heteroatoms. The fourth-order valence-corrected chi connectivity index (χ4v) is 4.23. The Bertz CT molecular complexity index is 697. The van der Waals surface area contributed by atoms with Gasteiger partial charge in [-0.25, -0.2) is 8.42 Å². The van der Waals surface area contributed by atoms with E-state index in [0.29, 0.717) is 17.3 Å². The van der Waals surface area contributed by atoms with Crippen LogP contribution in [0.3, 0.4) is 0 Å². The first-order valence-corrected chi connectivity index (χ1v) is 8.61. The number of halogens is 1. The van der Waals surface area contributed by atoms with Gasteiger partial charge in [0.05, 0.1) is 23.6 Å². The van der Waals surface area contributed by atoms with Crippen molar-refractivity contribution in [1.29, 1.82) is 0 Å². The highest BCUT2D eigenvalue weighted by molar-refractivity contribution is 7.93. The lowest BCUT2D eigenvalue weighted by Gasteiger charge is -2.19. The van der Waals surface area contributed by atoms with Crippen molar-refractivity contribution in [2.75, 3.05) is 18.5 Å². The summed E-state index contributed by atoms with van der Waals surface area (Å²) in [5, 5.41) is 1.60. The van der Waals surface area contributed by atoms with Gasteiger partial charge in [-0.05, 0) is 18.2 Å². The number of hydrogen-bond donors (Lipinski definition) is 0. The predicted octanol–water partition coefficient (Wildman–Crippen LogP) is 3.32. The summed E-state index contributed by atoms with van der Waals surface area (Å²) in [7, 11) is -0.520. The quantitative estimate of drug-likeness (QED) is 0.790. The van der Waals surface area contributed by atoms with Crippen LogP contribution in [0.2, 0.25) is 0 Å². The molecule has 1 aromatic heterocycles. The maximum atomic E-state index is 12.5. The monoisotopic (exact) mass is 331 g/mol. The third-order valence-corrected chi connectivity index (χ3v) is 6.13. The maximum absolute atomic E-state index is 12.5. The van der Waals surface area contributed by atoms with Crippen molar-refractivity contribution in [2.24, 2.45) is 0 Å². The fraction of sp³-hybridized carbons (Fsp3) is 0.231. The van der Waals surface area contributed by atoms with Crippen LogP contribution in [0.1, 0.15) is 4.88 Å². The van der Waals surface area contributed by atoms with Crippen LogP contribution in [-0.4, -0.2) is 22.6 Å². The maximum Gasteiger partial charge on any atom is 0.264 e. The molecule has 0 spiro atoms. The molecule has 0 saturated carbocycles. The summed E-state index contributed by atoms with van der Waals surface area (Å²) in [5.41, 5.74) is 0.544. The van der Waals surface area contributed by atoms with E-state index in [2.05, 4.69) is 0 Å². The molecule has 0 aliphatic heterocycles. The van der Waals surface area contributed by atoms with Crippen molar-refractivity contribution in [1.82, 2.24) is 0 Å². The third kappa shape index (κ3) is 2.92. The molecule has 2 aromatic rings. The first-order valence-electron chi connectivity index (χ1n) is 5.75. The van der Waals surface area contributed by atoms with Gasteiger partial charge < -0.3 is 4.74 Å². The number of alkyl halides is 1. The molecule has 0 atom stereocenters. The SMILES string of the molecule is COc1cccc(N(C)S(=O)(=O)c2csc(CCl)c2)c1. The van der Waals surface area contributed by atoms with Gasteiger partial charge in [0.1, 0.15) is 5.75 Å². The van der Waals surface area contributed by atoms with Crippen molar-refractivity contribution < 1.29 is 13.2 Å². The summed E-state index contributed by atoms with van der Waals surface area (Å²) in [5.74, 6) is 0.916. The number of rotatable bonds is 5. The van der Waals surface area contributed by atoms with E-state index in [9.17, 15) is 8.42 Å². The minimum Gasteiger partial charge on any atom is -0.497 e. The number of sulfonamides is 1. The van der Waals surface area contributed by atoms with Crippen molar-refractivity contribution in [3.63, 3.8) is 0 Å². The number of nitrogens with zero attached hydrogens (tertiary/aromatic N) is 1. The molecule has 20 heavy (non-hydrogen) atoms. The molecule has 2 rings (SSSR count). The van der Waals surface area contributed by atoms with Crippen molar-refractivity contribution in [3.05, 3.63) is 40.6 Å². The lowest BCUT2D eigenvalue weighted by Crippen LogP contribution is -2.26. The summed E-state index contributed by atoms with van der Waals surface area (Å²) in [6.07, 6.45) is 0. The van der Waals surface area contributed by atoms with E-state index in [1.807, 2.05) is 0 Å². The molecule has 0 aliphatic carbocycles. The molecule has 1 aromatic carbocycles. The Morgan fingerprint density at radius 1 is 1.35 bits per heavy atom. The number of methoxy groups -OCH3 is 1. The molecule has 0 radical (unpaired) electrons. The van der Waals surface area contributed by atoms with E-state index in [-0.39, 0.29) is 4.90 Å². The Morgan fingerprint density at radius 3 is 2.70 bits per heavy atom. The molecule has 0 amide bonds. The summed E-state index contributed by atoms with van der Waals surface area (Å²) in [6, 6.07) is 8.50. The van der Waals surface area contributed by atoms with Gasteiger partial charge in [-0.1, -0.05) is 6.07 Å². The second-order valence-electron chi connectivity index (χ2n) is 4.06. The van der Waals surface area contributed by atoms with E-state index >= 15 is 0 Å². The summed E-state index contributed by atoms with van der Waals surface area (Å²) in [4.78, 5) is 1.08. The number of ether oxygens (including phenoxy) is 1. The number of anilines is 1. The smallest absolute Gasteiger partial charge is 0.264 e. The third-order valence-electron chi connectivity index (χ3n) is 2.84. The van der Waals surface area contributed by atoms with E-state index in [4.69, 9.17) is 16.3 Å². The van der Waals surface area contributed by atoms with Crippen LogP contribution in [0.4, 0.5) is 5.69 Å². The summed E-state index contributed by atoms with van der Waals surface area (Å²) >= 11 is 7.05. The van der Waals surface area contributed by atoms with Crippen LogP contribution < -0.4 is 9.04 Å². The zero-order chi connectivity index (χ0) is 14.8. The van der Waals surface area contributed by atoms with Gasteiger partial charge in [-0.15, -0.1) is 22.9 Å². The highest BCUT2D eigenvalue weighted by Crippen LogP contribution is 2.28. The molecule has 0 saturated heterocycles. The van der Waals surface area contributed by atoms with Crippen LogP contribution in [0.15, 0.2) is 40.6 Å². The zero-order valence-corrected chi connectivity index (χ0v) is 13.4. The largest absolute Gasteiger partial charge is 0.497 e. The Labute approximate surface area is 127 Å². The number of benzene rings is 1. The van der Waals surface area contributed by atoms with Gasteiger partial charge in [0.2, 0.25) is 0 Å². The molecular weight excluding hydrogens is 318 g/mol. The van der Waals surface area contributed by atoms with Crippen molar-refractivity contribution >= 4 is 38.6 Å². The fourth-order valence-electron chi connectivity index (χ4n) is 1.67. The lowest BCUT2D eigenvalue weighted by atomic mass is 10.3. The van der Waals surface area contributed by atoms with E-state index in [1.165, 1.54) is 22.7 Å². The summed E-state index contributed by atoms with van der Waals surface area (Å²) in [6.45, 7) is 0. The second kappa shape index (κ2) is 6.03. The van der Waals surface area contributed by atoms with Gasteiger partial charge in [0.25, 0.3) is 10.0 Å². The molecule has 4 nitrogen and oxygen atoms in total. The number of thiophene rings is 1. The Balaban J connectivity index is 2.37. The molecule has 108 valence electrons. The van der Waals surface area contributed by atoms with Crippen molar-refractivity contribution in [2.45, 2.75) is 10.8 Å². The molecule has 0 N–H and O–H groups in total. The zero-order valence-electron chi connectivity index (χ0n) is 11.0. The van der Waals surface area contributed by atoms with Crippen LogP contribution in [-0.2, 0) is 15.9 Å². The predicted molar refractivity (Wildman–Crippen MR) is 82.5 cm³/mol. The Morgan fingerprint density at radius 2 is 2.10 bits per heavy atom. The lowest BCUT2D eigenvalue weighted by molar-refractivity contribution is 0.415. The molecular formula is C13H14ClNO3S2. The van der Waals surface area contributed by atoms with Gasteiger partial charge in [-0.3, -0.25) is 4.31 Å². The standard InChI is InChI=1S/C13H14ClNO3S2/c1-15(10-4-3-5-11(6-10)18-2)20(16,17)13-7-12(8-14)19-9-13/h3-7,9H,8H2,1-2H3. The average molecular weight is 332 g/mol. The van der Waals surface area contributed by atoms with Crippen LogP contribution in [0, 0.1) is 0 Å². The minimum absolute atomic E-state index is 0.253. The highest BCUT2D eigenvalue weighted by atomic mass is 35.5. The van der Waals surface area contributed by atoms with Gasteiger partial charge in [-0.2, -0.15) is 0 Å². The topological polar surface area (TPSA) is 46.6 Å². The number of hydrogen-bond acceptors (Lipinski definition) is 4. The van der Waals surface area contributed by atoms with Crippen LogP contribution in [0.5, 0.6) is 5.75 Å². The molecule has 0 bridgehead atoms. The minimum atomic E-state index is -3.58. The Hall–Kier alpha value is -1.24. The van der Waals surface area contributed by atoms with E-state index < -0.39 is 10.0 Å². The molecule has 0 unspecified atom stereocenters. The van der Waals surface area contributed by atoms with Crippen LogP contribution in [0.25, 0.3) is 0 Å². The van der Waals surface area contributed by atoms with E-state index in [1.54, 1.807) is 42.8 Å². The highest BCUT2D eigenvalue weighted by Gasteiger charge is 2.22. The normalized spacial score (nSPS) is 11.3. The second-order valence-corrected chi connectivity index (χ2v) is 7.29. The molecule has 0 aliphatic rings. The first kappa shape index (κ1) is 15.2.